The number of hydrogen-bond acceptors (Lipinski definition) is 7. The first-order chi connectivity index (χ1) is 22.7. The summed E-state index contributed by atoms with van der Waals surface area (Å²) >= 11 is 1.36. The molecule has 0 aliphatic rings. The Labute approximate surface area is 277 Å². The lowest BCUT2D eigenvalue weighted by molar-refractivity contribution is -0.116. The molecular weight excluding hydrogens is 616 g/mol. The minimum absolute atomic E-state index is 0.0134. The molecule has 4 rings (SSSR count). The third kappa shape index (κ3) is 9.97. The van der Waals surface area contributed by atoms with Gasteiger partial charge in [0, 0.05) is 34.4 Å². The van der Waals surface area contributed by atoms with Gasteiger partial charge in [-0.3, -0.25) is 19.2 Å². The summed E-state index contributed by atoms with van der Waals surface area (Å²) in [6, 6.07) is 27.8. The van der Waals surface area contributed by atoms with Crippen LogP contribution in [-0.4, -0.2) is 43.1 Å². The predicted octanol–water partition coefficient (Wildman–Crippen LogP) is 6.58. The molecule has 0 heterocycles. The van der Waals surface area contributed by atoms with E-state index in [4.69, 9.17) is 9.47 Å². The average Bonchev–Trinajstić information content (AvgIpc) is 3.07. The number of carbonyl (C=O) groups excluding carboxylic acids is 4. The third-order valence-electron chi connectivity index (χ3n) is 6.75. The van der Waals surface area contributed by atoms with E-state index in [2.05, 4.69) is 21.3 Å². The normalized spacial score (nSPS) is 11.5. The van der Waals surface area contributed by atoms with Crippen LogP contribution in [0.2, 0.25) is 0 Å². The van der Waals surface area contributed by atoms with Crippen molar-refractivity contribution in [1.82, 2.24) is 5.32 Å². The predicted molar refractivity (Wildman–Crippen MR) is 186 cm³/mol. The molecule has 0 aliphatic carbocycles. The Bertz CT molecular complexity index is 1760. The zero-order valence-electron chi connectivity index (χ0n) is 26.5. The third-order valence-corrected chi connectivity index (χ3v) is 8.11. The Morgan fingerprint density at radius 3 is 2.06 bits per heavy atom. The summed E-state index contributed by atoms with van der Waals surface area (Å²) in [6.07, 6.45) is 2.11. The molecule has 10 nitrogen and oxygen atoms in total. The maximum Gasteiger partial charge on any atom is 0.272 e. The van der Waals surface area contributed by atoms with Crippen LogP contribution in [0.3, 0.4) is 0 Å². The molecule has 0 fully saturated rings. The van der Waals surface area contributed by atoms with Gasteiger partial charge in [-0.25, -0.2) is 0 Å². The summed E-state index contributed by atoms with van der Waals surface area (Å²) in [6.45, 7) is 3.35. The van der Waals surface area contributed by atoms with Crippen LogP contribution >= 0.6 is 11.8 Å². The minimum atomic E-state index is -0.543. The number of methoxy groups -OCH3 is 2. The molecule has 0 aromatic heterocycles. The van der Waals surface area contributed by atoms with Crippen LogP contribution in [-0.2, 0) is 14.4 Å². The Morgan fingerprint density at radius 1 is 0.745 bits per heavy atom. The van der Waals surface area contributed by atoms with Gasteiger partial charge in [-0.05, 0) is 84.8 Å². The number of hydrogen-bond donors (Lipinski definition) is 4. The van der Waals surface area contributed by atoms with Gasteiger partial charge in [0.15, 0.2) is 11.5 Å². The fraction of sp³-hybridized carbons (Fsp3) is 0.167. The summed E-state index contributed by atoms with van der Waals surface area (Å²) in [5.41, 5.74) is 2.74. The van der Waals surface area contributed by atoms with Crippen LogP contribution in [0.15, 0.2) is 108 Å². The number of carbonyl (C=O) groups is 4. The van der Waals surface area contributed by atoms with Gasteiger partial charge in [0.05, 0.1) is 19.5 Å². The molecule has 242 valence electrons. The lowest BCUT2D eigenvalue weighted by Gasteiger charge is -2.16. The van der Waals surface area contributed by atoms with Crippen molar-refractivity contribution in [3.63, 3.8) is 0 Å². The SMILES string of the molecule is CCC(Sc1cccc(NC(=O)/C(=C\c2ccc(OC)c(OC)c2)NC(=O)c2ccccc2)c1)C(=O)Nc1ccc(NC(C)=O)cc1. The molecule has 0 saturated heterocycles. The second-order valence-corrected chi connectivity index (χ2v) is 11.5. The second kappa shape index (κ2) is 16.7. The molecule has 0 bridgehead atoms. The number of nitrogens with one attached hydrogen (secondary N) is 4. The van der Waals surface area contributed by atoms with Gasteiger partial charge in [-0.15, -0.1) is 11.8 Å². The van der Waals surface area contributed by atoms with E-state index in [0.717, 1.165) is 4.90 Å². The summed E-state index contributed by atoms with van der Waals surface area (Å²) < 4.78 is 10.7. The van der Waals surface area contributed by atoms with Crippen molar-refractivity contribution in [3.8, 4) is 11.5 Å². The van der Waals surface area contributed by atoms with E-state index in [1.54, 1.807) is 97.1 Å². The molecular formula is C36H36N4O6S. The van der Waals surface area contributed by atoms with Crippen molar-refractivity contribution in [2.75, 3.05) is 30.2 Å². The monoisotopic (exact) mass is 652 g/mol. The van der Waals surface area contributed by atoms with Crippen LogP contribution in [0.1, 0.15) is 36.2 Å². The fourth-order valence-corrected chi connectivity index (χ4v) is 5.46. The first-order valence-corrected chi connectivity index (χ1v) is 15.6. The lowest BCUT2D eigenvalue weighted by Crippen LogP contribution is -2.30. The molecule has 11 heteroatoms. The van der Waals surface area contributed by atoms with Crippen molar-refractivity contribution < 1.29 is 28.7 Å². The van der Waals surface area contributed by atoms with E-state index in [-0.39, 0.29) is 17.5 Å². The van der Waals surface area contributed by atoms with Crippen LogP contribution < -0.4 is 30.7 Å². The number of thioether (sulfide) groups is 1. The summed E-state index contributed by atoms with van der Waals surface area (Å²) in [5, 5.41) is 10.8. The van der Waals surface area contributed by atoms with E-state index < -0.39 is 17.1 Å². The Hall–Kier alpha value is -5.55. The van der Waals surface area contributed by atoms with Crippen molar-refractivity contribution in [2.45, 2.75) is 30.4 Å². The number of benzene rings is 4. The molecule has 4 amide bonds. The molecule has 4 aromatic carbocycles. The van der Waals surface area contributed by atoms with E-state index >= 15 is 0 Å². The average molecular weight is 653 g/mol. The van der Waals surface area contributed by atoms with Gasteiger partial charge in [0.1, 0.15) is 5.70 Å². The van der Waals surface area contributed by atoms with Gasteiger partial charge in [0.2, 0.25) is 11.8 Å². The maximum absolute atomic E-state index is 13.6. The number of rotatable bonds is 13. The van der Waals surface area contributed by atoms with Gasteiger partial charge in [-0.2, -0.15) is 0 Å². The lowest BCUT2D eigenvalue weighted by atomic mass is 10.1. The van der Waals surface area contributed by atoms with Crippen molar-refractivity contribution in [3.05, 3.63) is 114 Å². The number of anilines is 3. The Morgan fingerprint density at radius 2 is 1.43 bits per heavy atom. The Balaban J connectivity index is 1.50. The highest BCUT2D eigenvalue weighted by atomic mass is 32.2. The summed E-state index contributed by atoms with van der Waals surface area (Å²) in [4.78, 5) is 51.8. The second-order valence-electron chi connectivity index (χ2n) is 10.2. The molecule has 1 unspecified atom stereocenters. The highest BCUT2D eigenvalue weighted by Gasteiger charge is 2.20. The zero-order valence-corrected chi connectivity index (χ0v) is 27.3. The highest BCUT2D eigenvalue weighted by Crippen LogP contribution is 2.30. The molecule has 47 heavy (non-hydrogen) atoms. The molecule has 1 atom stereocenters. The summed E-state index contributed by atoms with van der Waals surface area (Å²) in [5.74, 6) is -0.348. The largest absolute Gasteiger partial charge is 0.493 e. The van der Waals surface area contributed by atoms with Gasteiger partial charge in [0.25, 0.3) is 11.8 Å². The molecule has 0 saturated carbocycles. The van der Waals surface area contributed by atoms with Gasteiger partial charge < -0.3 is 30.7 Å². The quantitative estimate of drug-likeness (QED) is 0.0947. The molecule has 0 radical (unpaired) electrons. The highest BCUT2D eigenvalue weighted by molar-refractivity contribution is 8.00. The zero-order chi connectivity index (χ0) is 33.8. The summed E-state index contributed by atoms with van der Waals surface area (Å²) in [7, 11) is 3.04. The fourth-order valence-electron chi connectivity index (χ4n) is 4.45. The van der Waals surface area contributed by atoms with E-state index in [0.29, 0.717) is 46.1 Å². The van der Waals surface area contributed by atoms with Crippen molar-refractivity contribution in [1.29, 1.82) is 0 Å². The standard InChI is InChI=1S/C36H36N4O6S/c1-5-33(36(44)38-27-17-15-26(16-18-27)37-23(2)41)47-29-13-9-12-28(22-29)39-35(43)30(40-34(42)25-10-7-6-8-11-25)20-24-14-19-31(45-3)32(21-24)46-4/h6-22,33H,5H2,1-4H3,(H,37,41)(H,38,44)(H,39,43)(H,40,42)/b30-20+. The molecule has 4 aromatic rings. The van der Waals surface area contributed by atoms with Crippen LogP contribution in [0.25, 0.3) is 6.08 Å². The van der Waals surface area contributed by atoms with Crippen LogP contribution in [0.4, 0.5) is 17.1 Å². The topological polar surface area (TPSA) is 135 Å². The first-order valence-electron chi connectivity index (χ1n) is 14.8. The van der Waals surface area contributed by atoms with Gasteiger partial charge in [-0.1, -0.05) is 37.3 Å². The minimum Gasteiger partial charge on any atom is -0.493 e. The van der Waals surface area contributed by atoms with E-state index in [1.807, 2.05) is 13.0 Å². The first kappa shape index (κ1) is 34.3. The van der Waals surface area contributed by atoms with Crippen molar-refractivity contribution >= 4 is 58.5 Å². The smallest absolute Gasteiger partial charge is 0.272 e. The maximum atomic E-state index is 13.6. The van der Waals surface area contributed by atoms with E-state index in [1.165, 1.54) is 32.9 Å². The van der Waals surface area contributed by atoms with Crippen LogP contribution in [0, 0.1) is 0 Å². The molecule has 0 spiro atoms. The van der Waals surface area contributed by atoms with Crippen LogP contribution in [0.5, 0.6) is 11.5 Å². The number of ether oxygens (including phenoxy) is 2. The van der Waals surface area contributed by atoms with E-state index in [9.17, 15) is 19.2 Å². The molecule has 4 N–H and O–H groups in total. The molecule has 0 aliphatic heterocycles. The van der Waals surface area contributed by atoms with Gasteiger partial charge >= 0.3 is 0 Å². The van der Waals surface area contributed by atoms with Crippen molar-refractivity contribution in [2.24, 2.45) is 0 Å². The Kier molecular flexibility index (Phi) is 12.2. The number of amides is 4.